The van der Waals surface area contributed by atoms with E-state index in [-0.39, 0.29) is 11.9 Å². The quantitative estimate of drug-likeness (QED) is 0.824. The van der Waals surface area contributed by atoms with Crippen molar-refractivity contribution in [2.45, 2.75) is 26.7 Å². The van der Waals surface area contributed by atoms with E-state index >= 15 is 0 Å². The Morgan fingerprint density at radius 1 is 1.15 bits per heavy atom. The number of rotatable bonds is 4. The molecule has 1 aromatic heterocycles. The van der Waals surface area contributed by atoms with Crippen molar-refractivity contribution in [3.05, 3.63) is 41.2 Å². The van der Waals surface area contributed by atoms with Gasteiger partial charge < -0.3 is 5.73 Å². The number of amides is 1. The van der Waals surface area contributed by atoms with Gasteiger partial charge in [-0.3, -0.25) is 10.1 Å². The summed E-state index contributed by atoms with van der Waals surface area (Å²) in [5.74, 6) is 0.113. The highest BCUT2D eigenvalue weighted by atomic mass is 16.1. The summed E-state index contributed by atoms with van der Waals surface area (Å²) < 4.78 is 0. The standard InChI is InChI=1S/C14H17N5O/c1-9-10(2)18-19-14(16-9)17-13(20)8-5-11-3-6-12(15)7-4-11/h3-4,6-7H,5,8,15H2,1-2H3,(H,16,17,19,20). The number of nitrogens with two attached hydrogens (primary N) is 1. The monoisotopic (exact) mass is 271 g/mol. The van der Waals surface area contributed by atoms with Crippen LogP contribution in [0.25, 0.3) is 0 Å². The van der Waals surface area contributed by atoms with Crippen LogP contribution in [0.4, 0.5) is 11.6 Å². The summed E-state index contributed by atoms with van der Waals surface area (Å²) in [5.41, 5.74) is 8.90. The molecule has 6 nitrogen and oxygen atoms in total. The van der Waals surface area contributed by atoms with Gasteiger partial charge in [-0.1, -0.05) is 12.1 Å². The maximum absolute atomic E-state index is 11.8. The van der Waals surface area contributed by atoms with Crippen molar-refractivity contribution in [3.8, 4) is 0 Å². The first kappa shape index (κ1) is 13.9. The van der Waals surface area contributed by atoms with E-state index in [1.807, 2.05) is 38.1 Å². The zero-order valence-electron chi connectivity index (χ0n) is 11.6. The van der Waals surface area contributed by atoms with Gasteiger partial charge in [0.1, 0.15) is 0 Å². The van der Waals surface area contributed by atoms with Gasteiger partial charge in [0.15, 0.2) is 0 Å². The average molecular weight is 271 g/mol. The lowest BCUT2D eigenvalue weighted by Gasteiger charge is -2.05. The third-order valence-electron chi connectivity index (χ3n) is 2.96. The molecular formula is C14H17N5O. The van der Waals surface area contributed by atoms with Crippen molar-refractivity contribution in [3.63, 3.8) is 0 Å². The Balaban J connectivity index is 1.89. The number of benzene rings is 1. The number of carbonyl (C=O) groups is 1. The Bertz CT molecular complexity index is 609. The minimum atomic E-state index is -0.133. The summed E-state index contributed by atoms with van der Waals surface area (Å²) in [7, 11) is 0. The second-order valence-corrected chi connectivity index (χ2v) is 4.60. The second-order valence-electron chi connectivity index (χ2n) is 4.60. The second kappa shape index (κ2) is 6.10. The molecule has 1 amide bonds. The molecule has 0 spiro atoms. The van der Waals surface area contributed by atoms with Crippen molar-refractivity contribution < 1.29 is 4.79 Å². The first-order valence-corrected chi connectivity index (χ1v) is 6.37. The number of carbonyl (C=O) groups excluding carboxylic acids is 1. The molecule has 20 heavy (non-hydrogen) atoms. The van der Waals surface area contributed by atoms with Gasteiger partial charge in [0, 0.05) is 12.1 Å². The van der Waals surface area contributed by atoms with E-state index in [9.17, 15) is 4.79 Å². The molecule has 2 aromatic rings. The number of hydrogen-bond donors (Lipinski definition) is 2. The van der Waals surface area contributed by atoms with Gasteiger partial charge in [0.05, 0.1) is 11.4 Å². The number of nitrogen functional groups attached to an aromatic ring is 1. The summed E-state index contributed by atoms with van der Waals surface area (Å²) in [5, 5.41) is 10.4. The van der Waals surface area contributed by atoms with Crippen LogP contribution in [0.2, 0.25) is 0 Å². The molecule has 0 aliphatic rings. The number of nitrogens with zero attached hydrogens (tertiary/aromatic N) is 3. The van der Waals surface area contributed by atoms with Crippen molar-refractivity contribution in [1.29, 1.82) is 0 Å². The third-order valence-corrected chi connectivity index (χ3v) is 2.96. The number of hydrogen-bond acceptors (Lipinski definition) is 5. The van der Waals surface area contributed by atoms with Crippen molar-refractivity contribution in [2.75, 3.05) is 11.1 Å². The Hall–Kier alpha value is -2.50. The molecule has 0 saturated heterocycles. The summed E-state index contributed by atoms with van der Waals surface area (Å²) >= 11 is 0. The topological polar surface area (TPSA) is 93.8 Å². The van der Waals surface area contributed by atoms with Crippen LogP contribution in [0.1, 0.15) is 23.4 Å². The minimum Gasteiger partial charge on any atom is -0.399 e. The van der Waals surface area contributed by atoms with E-state index in [4.69, 9.17) is 5.73 Å². The van der Waals surface area contributed by atoms with E-state index in [1.165, 1.54) is 0 Å². The molecule has 104 valence electrons. The summed E-state index contributed by atoms with van der Waals surface area (Å²) in [6.07, 6.45) is 1.00. The first-order valence-electron chi connectivity index (χ1n) is 6.37. The normalized spacial score (nSPS) is 10.3. The van der Waals surface area contributed by atoms with Crippen molar-refractivity contribution >= 4 is 17.5 Å². The molecule has 0 aliphatic carbocycles. The maximum atomic E-state index is 11.8. The highest BCUT2D eigenvalue weighted by molar-refractivity contribution is 5.88. The van der Waals surface area contributed by atoms with Gasteiger partial charge in [0.2, 0.25) is 11.9 Å². The van der Waals surface area contributed by atoms with Gasteiger partial charge in [0.25, 0.3) is 0 Å². The lowest BCUT2D eigenvalue weighted by atomic mass is 10.1. The smallest absolute Gasteiger partial charge is 0.249 e. The van der Waals surface area contributed by atoms with E-state index < -0.39 is 0 Å². The Morgan fingerprint density at radius 3 is 2.50 bits per heavy atom. The molecule has 0 atom stereocenters. The van der Waals surface area contributed by atoms with Crippen LogP contribution in [0.5, 0.6) is 0 Å². The van der Waals surface area contributed by atoms with Gasteiger partial charge in [-0.2, -0.15) is 5.10 Å². The Kier molecular flexibility index (Phi) is 4.24. The molecule has 0 bridgehead atoms. The SMILES string of the molecule is Cc1nnc(NC(=O)CCc2ccc(N)cc2)nc1C. The molecule has 1 aromatic carbocycles. The molecule has 6 heteroatoms. The van der Waals surface area contributed by atoms with Crippen molar-refractivity contribution in [2.24, 2.45) is 0 Å². The molecule has 0 radical (unpaired) electrons. The molecule has 2 rings (SSSR count). The molecule has 0 aliphatic heterocycles. The molecule has 3 N–H and O–H groups in total. The van der Waals surface area contributed by atoms with Crippen molar-refractivity contribution in [1.82, 2.24) is 15.2 Å². The summed E-state index contributed by atoms with van der Waals surface area (Å²) in [4.78, 5) is 16.0. The first-order chi connectivity index (χ1) is 9.54. The fraction of sp³-hybridized carbons (Fsp3) is 0.286. The number of aryl methyl sites for hydroxylation is 3. The molecule has 0 unspecified atom stereocenters. The van der Waals surface area contributed by atoms with Crippen LogP contribution in [-0.4, -0.2) is 21.1 Å². The average Bonchev–Trinajstić information content (AvgIpc) is 2.42. The van der Waals surface area contributed by atoms with Crippen LogP contribution >= 0.6 is 0 Å². The lowest BCUT2D eigenvalue weighted by molar-refractivity contribution is -0.116. The highest BCUT2D eigenvalue weighted by Crippen LogP contribution is 2.08. The minimum absolute atomic E-state index is 0.133. The van der Waals surface area contributed by atoms with Crippen LogP contribution < -0.4 is 11.1 Å². The third kappa shape index (κ3) is 3.74. The highest BCUT2D eigenvalue weighted by Gasteiger charge is 2.07. The number of nitrogens with one attached hydrogen (secondary N) is 1. The van der Waals surface area contributed by atoms with Gasteiger partial charge in [-0.25, -0.2) is 4.98 Å². The summed E-state index contributed by atoms with van der Waals surface area (Å²) in [6, 6.07) is 7.47. The van der Waals surface area contributed by atoms with Gasteiger partial charge in [-0.05, 0) is 38.0 Å². The lowest BCUT2D eigenvalue weighted by Crippen LogP contribution is -2.16. The van der Waals surface area contributed by atoms with Crippen LogP contribution in [0, 0.1) is 13.8 Å². The number of aromatic nitrogens is 3. The molecular weight excluding hydrogens is 254 g/mol. The van der Waals surface area contributed by atoms with Crippen LogP contribution in [-0.2, 0) is 11.2 Å². The zero-order valence-corrected chi connectivity index (χ0v) is 11.6. The maximum Gasteiger partial charge on any atom is 0.249 e. The Morgan fingerprint density at radius 2 is 1.85 bits per heavy atom. The van der Waals surface area contributed by atoms with Crippen LogP contribution in [0.3, 0.4) is 0 Å². The van der Waals surface area contributed by atoms with Gasteiger partial charge in [-0.15, -0.1) is 5.10 Å². The van der Waals surface area contributed by atoms with E-state index in [0.29, 0.717) is 18.5 Å². The largest absolute Gasteiger partial charge is 0.399 e. The molecule has 0 fully saturated rings. The predicted octanol–water partition coefficient (Wildman–Crippen LogP) is 1.64. The fourth-order valence-electron chi connectivity index (χ4n) is 1.64. The van der Waals surface area contributed by atoms with E-state index in [0.717, 1.165) is 17.0 Å². The molecule has 0 saturated carbocycles. The van der Waals surface area contributed by atoms with Gasteiger partial charge >= 0.3 is 0 Å². The predicted molar refractivity (Wildman–Crippen MR) is 77.1 cm³/mol. The zero-order chi connectivity index (χ0) is 14.5. The van der Waals surface area contributed by atoms with Crippen LogP contribution in [0.15, 0.2) is 24.3 Å². The number of anilines is 2. The fourth-order valence-corrected chi connectivity index (χ4v) is 1.64. The summed E-state index contributed by atoms with van der Waals surface area (Å²) in [6.45, 7) is 3.65. The molecule has 1 heterocycles. The van der Waals surface area contributed by atoms with E-state index in [2.05, 4.69) is 20.5 Å². The van der Waals surface area contributed by atoms with E-state index in [1.54, 1.807) is 0 Å². The Labute approximate surface area is 117 Å².